The van der Waals surface area contributed by atoms with E-state index in [1.54, 1.807) is 0 Å². The minimum absolute atomic E-state index is 0.625. The van der Waals surface area contributed by atoms with Crippen LogP contribution in [0, 0.1) is 23.7 Å². The van der Waals surface area contributed by atoms with Crippen molar-refractivity contribution < 1.29 is 0 Å². The van der Waals surface area contributed by atoms with Crippen LogP contribution in [0.15, 0.2) is 9.98 Å². The zero-order valence-electron chi connectivity index (χ0n) is 16.0. The van der Waals surface area contributed by atoms with Gasteiger partial charge in [-0.1, -0.05) is 20.3 Å². The lowest BCUT2D eigenvalue weighted by atomic mass is 9.82. The van der Waals surface area contributed by atoms with E-state index >= 15 is 0 Å². The molecule has 0 aromatic rings. The molecule has 3 fully saturated rings. The van der Waals surface area contributed by atoms with Crippen LogP contribution in [0.3, 0.4) is 0 Å². The quantitative estimate of drug-likeness (QED) is 0.557. The minimum Gasteiger partial charge on any atom is -0.294 e. The molecule has 0 heterocycles. The Morgan fingerprint density at radius 1 is 0.583 bits per heavy atom. The van der Waals surface area contributed by atoms with Crippen molar-refractivity contribution in [1.82, 2.24) is 0 Å². The van der Waals surface area contributed by atoms with E-state index in [0.717, 1.165) is 11.8 Å². The molecule has 3 saturated carbocycles. The molecule has 3 rings (SSSR count). The molecular weight excluding hydrogens is 292 g/mol. The van der Waals surface area contributed by atoms with Crippen LogP contribution < -0.4 is 0 Å². The molecule has 0 amide bonds. The molecule has 0 saturated heterocycles. The Kier molecular flexibility index (Phi) is 6.92. The molecule has 0 aromatic carbocycles. The summed E-state index contributed by atoms with van der Waals surface area (Å²) in [6.07, 6.45) is 20.8. The number of nitrogens with zero attached hydrogens (tertiary/aromatic N) is 2. The van der Waals surface area contributed by atoms with Crippen molar-refractivity contribution in [2.45, 2.75) is 103 Å². The van der Waals surface area contributed by atoms with Crippen LogP contribution in [0.1, 0.15) is 90.9 Å². The zero-order chi connectivity index (χ0) is 16.8. The maximum atomic E-state index is 4.96. The summed E-state index contributed by atoms with van der Waals surface area (Å²) in [6.45, 7) is 4.77. The summed E-state index contributed by atoms with van der Waals surface area (Å²) < 4.78 is 0. The second-order valence-corrected chi connectivity index (χ2v) is 9.11. The lowest BCUT2D eigenvalue weighted by molar-refractivity contribution is 0.343. The third-order valence-electron chi connectivity index (χ3n) is 6.74. The molecule has 0 bridgehead atoms. The van der Waals surface area contributed by atoms with E-state index < -0.39 is 0 Å². The predicted molar refractivity (Wildman–Crippen MR) is 105 cm³/mol. The van der Waals surface area contributed by atoms with E-state index in [9.17, 15) is 0 Å². The average Bonchev–Trinajstić information content (AvgIpc) is 2.61. The number of aliphatic imine (C=N–C) groups is 2. The van der Waals surface area contributed by atoms with Gasteiger partial charge in [0.05, 0.1) is 0 Å². The van der Waals surface area contributed by atoms with Crippen LogP contribution in [-0.2, 0) is 0 Å². The summed E-state index contributed by atoms with van der Waals surface area (Å²) in [5, 5.41) is 0. The molecule has 0 aliphatic heterocycles. The van der Waals surface area contributed by atoms with Gasteiger partial charge in [-0.3, -0.25) is 9.98 Å². The van der Waals surface area contributed by atoms with E-state index in [4.69, 9.17) is 9.98 Å². The first-order valence-corrected chi connectivity index (χ1v) is 10.8. The van der Waals surface area contributed by atoms with E-state index in [-0.39, 0.29) is 0 Å². The normalized spacial score (nSPS) is 41.9. The average molecular weight is 331 g/mol. The van der Waals surface area contributed by atoms with Gasteiger partial charge in [0.2, 0.25) is 0 Å². The van der Waals surface area contributed by atoms with Crippen LogP contribution >= 0.6 is 0 Å². The molecule has 2 unspecified atom stereocenters. The van der Waals surface area contributed by atoms with E-state index in [2.05, 4.69) is 26.3 Å². The highest BCUT2D eigenvalue weighted by molar-refractivity contribution is 5.65. The molecule has 3 aliphatic carbocycles. The second-order valence-electron chi connectivity index (χ2n) is 9.11. The van der Waals surface area contributed by atoms with Gasteiger partial charge < -0.3 is 0 Å². The van der Waals surface area contributed by atoms with Crippen molar-refractivity contribution in [3.63, 3.8) is 0 Å². The van der Waals surface area contributed by atoms with Gasteiger partial charge in [-0.2, -0.15) is 0 Å². The Balaban J connectivity index is 1.42. The Bertz CT molecular complexity index is 374. The highest BCUT2D eigenvalue weighted by atomic mass is 14.8. The fourth-order valence-corrected chi connectivity index (χ4v) is 4.81. The van der Waals surface area contributed by atoms with Crippen LogP contribution in [0.5, 0.6) is 0 Å². The summed E-state index contributed by atoms with van der Waals surface area (Å²) in [5.41, 5.74) is 0. The van der Waals surface area contributed by atoms with Gasteiger partial charge in [-0.15, -0.1) is 0 Å². The third-order valence-corrected chi connectivity index (χ3v) is 6.74. The first kappa shape index (κ1) is 18.1. The lowest BCUT2D eigenvalue weighted by Crippen LogP contribution is -2.21. The molecule has 136 valence electrons. The maximum Gasteiger partial charge on any atom is 0.0496 e. The van der Waals surface area contributed by atoms with Crippen LogP contribution in [0.4, 0.5) is 0 Å². The second kappa shape index (κ2) is 9.15. The van der Waals surface area contributed by atoms with Crippen molar-refractivity contribution in [2.75, 3.05) is 0 Å². The first-order valence-electron chi connectivity index (χ1n) is 10.8. The topological polar surface area (TPSA) is 24.7 Å². The summed E-state index contributed by atoms with van der Waals surface area (Å²) in [5.74, 6) is 3.27. The maximum absolute atomic E-state index is 4.96. The Hall–Kier alpha value is -0.660. The third kappa shape index (κ3) is 5.70. The lowest BCUT2D eigenvalue weighted by Gasteiger charge is -2.27. The molecule has 24 heavy (non-hydrogen) atoms. The van der Waals surface area contributed by atoms with Gasteiger partial charge in [0.25, 0.3) is 0 Å². The predicted octanol–water partition coefficient (Wildman–Crippen LogP) is 6.09. The molecule has 2 heteroatoms. The molecule has 2 atom stereocenters. The minimum atomic E-state index is 0.625. The fraction of sp³-hybridized carbons (Fsp3) is 0.909. The van der Waals surface area contributed by atoms with Crippen molar-refractivity contribution in [3.05, 3.63) is 0 Å². The molecule has 0 radical (unpaired) electrons. The number of rotatable bonds is 4. The smallest absolute Gasteiger partial charge is 0.0496 e. The molecule has 0 aromatic heterocycles. The van der Waals surface area contributed by atoms with E-state index in [0.29, 0.717) is 23.9 Å². The standard InChI is InChI=1S/C22H38N2/c1-17-6-10-21(11-7-17)23-15-19-4-3-5-20(14-19)16-24-22-12-8-18(2)9-13-22/h15-22H,3-14H2,1-2H3/b23-15+,24-16+. The molecule has 0 N–H and O–H groups in total. The Labute approximate surface area is 149 Å². The van der Waals surface area contributed by atoms with Gasteiger partial charge in [0, 0.05) is 24.5 Å². The Morgan fingerprint density at radius 2 is 1.00 bits per heavy atom. The molecular formula is C22H38N2. The SMILES string of the molecule is CC1CCC(/N=C/C2CCCC(/C=N/C3CCC(C)CC3)C2)CC1. The van der Waals surface area contributed by atoms with Gasteiger partial charge in [0.1, 0.15) is 0 Å². The van der Waals surface area contributed by atoms with Crippen molar-refractivity contribution >= 4 is 12.4 Å². The highest BCUT2D eigenvalue weighted by Gasteiger charge is 2.22. The van der Waals surface area contributed by atoms with Gasteiger partial charge in [-0.05, 0) is 94.3 Å². The van der Waals surface area contributed by atoms with Crippen molar-refractivity contribution in [3.8, 4) is 0 Å². The molecule has 2 nitrogen and oxygen atoms in total. The van der Waals surface area contributed by atoms with Gasteiger partial charge in [0.15, 0.2) is 0 Å². The van der Waals surface area contributed by atoms with Crippen LogP contribution in [0.2, 0.25) is 0 Å². The van der Waals surface area contributed by atoms with E-state index in [1.807, 2.05) is 0 Å². The Morgan fingerprint density at radius 3 is 1.42 bits per heavy atom. The number of hydrogen-bond acceptors (Lipinski definition) is 2. The highest BCUT2D eigenvalue weighted by Crippen LogP contribution is 2.30. The summed E-state index contributed by atoms with van der Waals surface area (Å²) in [7, 11) is 0. The summed E-state index contributed by atoms with van der Waals surface area (Å²) in [4.78, 5) is 9.93. The van der Waals surface area contributed by atoms with E-state index in [1.165, 1.54) is 77.0 Å². The summed E-state index contributed by atoms with van der Waals surface area (Å²) in [6, 6.07) is 1.25. The van der Waals surface area contributed by atoms with Crippen LogP contribution in [0.25, 0.3) is 0 Å². The largest absolute Gasteiger partial charge is 0.294 e. The molecule has 3 aliphatic rings. The first-order chi connectivity index (χ1) is 11.7. The fourth-order valence-electron chi connectivity index (χ4n) is 4.81. The van der Waals surface area contributed by atoms with Crippen molar-refractivity contribution in [1.29, 1.82) is 0 Å². The monoisotopic (exact) mass is 330 g/mol. The number of hydrogen-bond donors (Lipinski definition) is 0. The van der Waals surface area contributed by atoms with Gasteiger partial charge >= 0.3 is 0 Å². The van der Waals surface area contributed by atoms with Crippen LogP contribution in [-0.4, -0.2) is 24.5 Å². The molecule has 0 spiro atoms. The zero-order valence-corrected chi connectivity index (χ0v) is 16.0. The van der Waals surface area contributed by atoms with Crippen molar-refractivity contribution in [2.24, 2.45) is 33.7 Å². The van der Waals surface area contributed by atoms with Gasteiger partial charge in [-0.25, -0.2) is 0 Å². The summed E-state index contributed by atoms with van der Waals surface area (Å²) >= 11 is 0.